The van der Waals surface area contributed by atoms with Gasteiger partial charge in [0, 0.05) is 12.2 Å². The Morgan fingerprint density at radius 3 is 2.28 bits per heavy atom. The molecule has 0 fully saturated rings. The number of rotatable bonds is 6. The summed E-state index contributed by atoms with van der Waals surface area (Å²) in [5.74, 6) is 0.414. The van der Waals surface area contributed by atoms with Gasteiger partial charge in [0.2, 0.25) is 5.91 Å². The van der Waals surface area contributed by atoms with Gasteiger partial charge in [-0.3, -0.25) is 4.79 Å². The van der Waals surface area contributed by atoms with Crippen LogP contribution in [-0.4, -0.2) is 19.5 Å². The third-order valence-corrected chi connectivity index (χ3v) is 3.20. The summed E-state index contributed by atoms with van der Waals surface area (Å²) >= 11 is 0. The maximum Gasteiger partial charge on any atom is 0.229 e. The Morgan fingerprint density at radius 1 is 1.22 bits per heavy atom. The highest BCUT2D eigenvalue weighted by atomic mass is 16.1. The maximum absolute atomic E-state index is 12.1. The number of amides is 1. The van der Waals surface area contributed by atoms with E-state index in [1.807, 2.05) is 19.2 Å². The molecule has 0 saturated heterocycles. The van der Waals surface area contributed by atoms with E-state index < -0.39 is 0 Å². The Hall–Kier alpha value is -1.35. The second-order valence-electron chi connectivity index (χ2n) is 4.95. The number of hydrogen-bond acceptors (Lipinski definition) is 2. The zero-order valence-corrected chi connectivity index (χ0v) is 11.8. The minimum atomic E-state index is 0.000789. The number of nitrogens with one attached hydrogen (secondary N) is 2. The van der Waals surface area contributed by atoms with Crippen molar-refractivity contribution in [2.24, 2.45) is 11.8 Å². The van der Waals surface area contributed by atoms with E-state index in [1.54, 1.807) is 0 Å². The number of carbonyl (C=O) groups excluding carboxylic acids is 1. The smallest absolute Gasteiger partial charge is 0.229 e. The van der Waals surface area contributed by atoms with Gasteiger partial charge < -0.3 is 10.6 Å². The molecule has 0 bridgehead atoms. The summed E-state index contributed by atoms with van der Waals surface area (Å²) in [5, 5.41) is 6.05. The molecule has 18 heavy (non-hydrogen) atoms. The lowest BCUT2D eigenvalue weighted by atomic mass is 9.95. The van der Waals surface area contributed by atoms with Crippen LogP contribution in [-0.2, 0) is 11.2 Å². The van der Waals surface area contributed by atoms with Crippen molar-refractivity contribution in [2.75, 3.05) is 18.9 Å². The fraction of sp³-hybridized carbons (Fsp3) is 0.533. The Bertz CT molecular complexity index is 371. The molecule has 1 rings (SSSR count). The van der Waals surface area contributed by atoms with Crippen molar-refractivity contribution in [3.63, 3.8) is 0 Å². The molecule has 0 heterocycles. The lowest BCUT2D eigenvalue weighted by molar-refractivity contribution is -0.120. The van der Waals surface area contributed by atoms with Gasteiger partial charge in [0.1, 0.15) is 0 Å². The molecule has 1 aromatic rings. The molecule has 1 unspecified atom stereocenters. The van der Waals surface area contributed by atoms with Gasteiger partial charge >= 0.3 is 0 Å². The maximum atomic E-state index is 12.1. The summed E-state index contributed by atoms with van der Waals surface area (Å²) < 4.78 is 0. The zero-order chi connectivity index (χ0) is 13.5. The number of hydrogen-bond donors (Lipinski definition) is 2. The molecule has 1 amide bonds. The Balaban J connectivity index is 2.66. The van der Waals surface area contributed by atoms with Crippen molar-refractivity contribution in [3.05, 3.63) is 29.8 Å². The van der Waals surface area contributed by atoms with Crippen LogP contribution in [0.1, 0.15) is 26.3 Å². The highest BCUT2D eigenvalue weighted by molar-refractivity contribution is 5.92. The minimum absolute atomic E-state index is 0.000789. The number of anilines is 1. The van der Waals surface area contributed by atoms with Crippen LogP contribution in [0.15, 0.2) is 24.3 Å². The van der Waals surface area contributed by atoms with Crippen molar-refractivity contribution in [1.29, 1.82) is 0 Å². The van der Waals surface area contributed by atoms with Gasteiger partial charge in [-0.1, -0.05) is 32.9 Å². The fourth-order valence-corrected chi connectivity index (χ4v) is 1.91. The van der Waals surface area contributed by atoms with Gasteiger partial charge in [0.05, 0.1) is 5.92 Å². The monoisotopic (exact) mass is 248 g/mol. The highest BCUT2D eigenvalue weighted by Crippen LogP contribution is 2.15. The molecular formula is C15H24N2O. The molecule has 1 aromatic carbocycles. The fourth-order valence-electron chi connectivity index (χ4n) is 1.91. The first-order valence-corrected chi connectivity index (χ1v) is 6.62. The summed E-state index contributed by atoms with van der Waals surface area (Å²) in [4.78, 5) is 12.1. The van der Waals surface area contributed by atoms with Gasteiger partial charge in [-0.25, -0.2) is 0 Å². The Labute approximate surface area is 110 Å². The van der Waals surface area contributed by atoms with Gasteiger partial charge in [0.25, 0.3) is 0 Å². The minimum Gasteiger partial charge on any atom is -0.326 e. The van der Waals surface area contributed by atoms with Gasteiger partial charge in [0.15, 0.2) is 0 Å². The van der Waals surface area contributed by atoms with Crippen LogP contribution in [0.5, 0.6) is 0 Å². The molecule has 0 radical (unpaired) electrons. The van der Waals surface area contributed by atoms with E-state index in [1.165, 1.54) is 5.56 Å². The third-order valence-electron chi connectivity index (χ3n) is 3.20. The van der Waals surface area contributed by atoms with E-state index in [9.17, 15) is 4.79 Å². The molecule has 100 valence electrons. The lowest BCUT2D eigenvalue weighted by Gasteiger charge is -2.19. The zero-order valence-electron chi connectivity index (χ0n) is 11.8. The molecule has 0 aliphatic heterocycles. The van der Waals surface area contributed by atoms with Crippen LogP contribution in [0.3, 0.4) is 0 Å². The first-order chi connectivity index (χ1) is 8.58. The Kier molecular flexibility index (Phi) is 5.86. The van der Waals surface area contributed by atoms with Crippen molar-refractivity contribution >= 4 is 11.6 Å². The van der Waals surface area contributed by atoms with Crippen LogP contribution in [0.2, 0.25) is 0 Å². The van der Waals surface area contributed by atoms with Crippen molar-refractivity contribution in [1.82, 2.24) is 5.32 Å². The molecule has 0 saturated carbocycles. The quantitative estimate of drug-likeness (QED) is 0.812. The summed E-state index contributed by atoms with van der Waals surface area (Å²) in [6, 6.07) is 8.04. The van der Waals surface area contributed by atoms with Crippen molar-refractivity contribution in [2.45, 2.75) is 27.2 Å². The number of carbonyl (C=O) groups is 1. The van der Waals surface area contributed by atoms with E-state index in [2.05, 4.69) is 43.5 Å². The van der Waals surface area contributed by atoms with E-state index >= 15 is 0 Å². The average Bonchev–Trinajstić information content (AvgIpc) is 2.36. The highest BCUT2D eigenvalue weighted by Gasteiger charge is 2.21. The molecule has 3 nitrogen and oxygen atoms in total. The summed E-state index contributed by atoms with van der Waals surface area (Å²) in [5.41, 5.74) is 2.16. The molecule has 3 heteroatoms. The van der Waals surface area contributed by atoms with Crippen LogP contribution >= 0.6 is 0 Å². The Morgan fingerprint density at radius 2 is 1.83 bits per heavy atom. The van der Waals surface area contributed by atoms with Gasteiger partial charge in [-0.15, -0.1) is 0 Å². The SMILES string of the molecule is CCc1ccc(NC(=O)C(CNC)C(C)C)cc1. The normalized spacial score (nSPS) is 12.5. The molecule has 0 spiro atoms. The van der Waals surface area contributed by atoms with Gasteiger partial charge in [-0.05, 0) is 37.1 Å². The standard InChI is InChI=1S/C15H24N2O/c1-5-12-6-8-13(9-7-12)17-15(18)14(10-16-4)11(2)3/h6-9,11,14,16H,5,10H2,1-4H3,(H,17,18). The van der Waals surface area contributed by atoms with E-state index in [4.69, 9.17) is 0 Å². The predicted molar refractivity (Wildman–Crippen MR) is 76.7 cm³/mol. The predicted octanol–water partition coefficient (Wildman–Crippen LogP) is 2.68. The van der Waals surface area contributed by atoms with E-state index in [-0.39, 0.29) is 11.8 Å². The molecule has 0 aliphatic carbocycles. The van der Waals surface area contributed by atoms with E-state index in [0.717, 1.165) is 12.1 Å². The van der Waals surface area contributed by atoms with Crippen LogP contribution in [0, 0.1) is 11.8 Å². The van der Waals surface area contributed by atoms with Crippen LogP contribution in [0.4, 0.5) is 5.69 Å². The summed E-state index contributed by atoms with van der Waals surface area (Å²) in [7, 11) is 1.87. The lowest BCUT2D eigenvalue weighted by Crippen LogP contribution is -2.34. The van der Waals surface area contributed by atoms with E-state index in [0.29, 0.717) is 12.5 Å². The molecule has 2 N–H and O–H groups in total. The second kappa shape index (κ2) is 7.17. The van der Waals surface area contributed by atoms with Gasteiger partial charge in [-0.2, -0.15) is 0 Å². The molecule has 1 atom stereocenters. The largest absolute Gasteiger partial charge is 0.326 e. The summed E-state index contributed by atoms with van der Waals surface area (Å²) in [6.07, 6.45) is 1.02. The van der Waals surface area contributed by atoms with Crippen molar-refractivity contribution in [3.8, 4) is 0 Å². The summed E-state index contributed by atoms with van der Waals surface area (Å²) in [6.45, 7) is 6.97. The molecule has 0 aromatic heterocycles. The van der Waals surface area contributed by atoms with Crippen molar-refractivity contribution < 1.29 is 4.79 Å². The molecule has 0 aliphatic rings. The first kappa shape index (κ1) is 14.7. The van der Waals surface area contributed by atoms with Crippen LogP contribution < -0.4 is 10.6 Å². The van der Waals surface area contributed by atoms with Crippen LogP contribution in [0.25, 0.3) is 0 Å². The topological polar surface area (TPSA) is 41.1 Å². The average molecular weight is 248 g/mol. The second-order valence-corrected chi connectivity index (χ2v) is 4.95. The number of aryl methyl sites for hydroxylation is 1. The number of benzene rings is 1. The first-order valence-electron chi connectivity index (χ1n) is 6.62. The third kappa shape index (κ3) is 4.15. The molecular weight excluding hydrogens is 224 g/mol.